The van der Waals surface area contributed by atoms with Gasteiger partial charge in [-0.25, -0.2) is 18.7 Å². The van der Waals surface area contributed by atoms with Crippen molar-refractivity contribution >= 4 is 34.1 Å². The third kappa shape index (κ3) is 4.42. The smallest absolute Gasteiger partial charge is 0.149 e. The van der Waals surface area contributed by atoms with Crippen LogP contribution in [0.3, 0.4) is 0 Å². The first-order valence-electron chi connectivity index (χ1n) is 12.5. The number of halogens is 3. The summed E-state index contributed by atoms with van der Waals surface area (Å²) in [6, 6.07) is 7.38. The second kappa shape index (κ2) is 10.0. The van der Waals surface area contributed by atoms with Crippen LogP contribution in [0.15, 0.2) is 36.5 Å². The molecule has 4 heterocycles. The number of H-pyrrole nitrogens is 1. The van der Waals surface area contributed by atoms with E-state index in [-0.39, 0.29) is 17.2 Å². The zero-order valence-electron chi connectivity index (χ0n) is 20.9. The molecule has 0 bridgehead atoms. The Kier molecular flexibility index (Phi) is 6.55. The summed E-state index contributed by atoms with van der Waals surface area (Å²) in [5.41, 5.74) is 3.74. The summed E-state index contributed by atoms with van der Waals surface area (Å²) in [6.07, 6.45) is 2.57. The van der Waals surface area contributed by atoms with Crippen molar-refractivity contribution in [2.75, 3.05) is 50.6 Å². The lowest BCUT2D eigenvalue weighted by atomic mass is 9.95. The molecule has 2 aliphatic heterocycles. The number of nitrogens with one attached hydrogen (secondary N) is 3. The van der Waals surface area contributed by atoms with Crippen LogP contribution in [0.25, 0.3) is 33.5 Å². The molecule has 0 unspecified atom stereocenters. The van der Waals surface area contributed by atoms with Crippen molar-refractivity contribution in [2.24, 2.45) is 0 Å². The highest BCUT2D eigenvalue weighted by molar-refractivity contribution is 6.30. The number of aromatic amines is 1. The molecule has 38 heavy (non-hydrogen) atoms. The van der Waals surface area contributed by atoms with Gasteiger partial charge in [-0.1, -0.05) is 11.6 Å². The maximum absolute atomic E-state index is 14.5. The molecule has 2 aliphatic rings. The number of hydrogen-bond donors (Lipinski definition) is 3. The van der Waals surface area contributed by atoms with Gasteiger partial charge in [0.15, 0.2) is 0 Å². The molecule has 0 amide bonds. The first kappa shape index (κ1) is 24.8. The van der Waals surface area contributed by atoms with Gasteiger partial charge in [-0.05, 0) is 36.2 Å². The number of hydrogen-bond acceptors (Lipinski definition) is 7. The van der Waals surface area contributed by atoms with E-state index in [1.54, 1.807) is 19.3 Å². The first-order chi connectivity index (χ1) is 18.4. The van der Waals surface area contributed by atoms with Gasteiger partial charge in [-0.15, -0.1) is 0 Å². The van der Waals surface area contributed by atoms with Gasteiger partial charge in [0, 0.05) is 55.6 Å². The molecule has 2 fully saturated rings. The number of rotatable bonds is 5. The Balaban J connectivity index is 1.59. The van der Waals surface area contributed by atoms with Crippen LogP contribution in [-0.2, 0) is 4.74 Å². The molecule has 198 valence electrons. The van der Waals surface area contributed by atoms with Crippen LogP contribution in [-0.4, -0.2) is 67.5 Å². The Bertz CT molecular complexity index is 1490. The highest BCUT2D eigenvalue weighted by Crippen LogP contribution is 2.44. The minimum absolute atomic E-state index is 0.00892. The van der Waals surface area contributed by atoms with E-state index in [1.807, 2.05) is 0 Å². The number of ether oxygens (including phenoxy) is 2. The topological polar surface area (TPSA) is 87.3 Å². The zero-order valence-corrected chi connectivity index (χ0v) is 21.7. The maximum atomic E-state index is 14.5. The predicted molar refractivity (Wildman–Crippen MR) is 144 cm³/mol. The molecular formula is C27H27ClF2N6O2. The van der Waals surface area contributed by atoms with Gasteiger partial charge in [0.2, 0.25) is 0 Å². The number of fused-ring (bicyclic) bond motifs is 2. The van der Waals surface area contributed by atoms with Crippen molar-refractivity contribution in [3.8, 4) is 28.3 Å². The van der Waals surface area contributed by atoms with E-state index in [4.69, 9.17) is 26.1 Å². The van der Waals surface area contributed by atoms with E-state index in [1.165, 1.54) is 31.4 Å². The molecule has 0 saturated carbocycles. The fourth-order valence-corrected chi connectivity index (χ4v) is 5.69. The van der Waals surface area contributed by atoms with Crippen LogP contribution in [0.4, 0.5) is 20.3 Å². The fraction of sp³-hybridized carbons (Fsp3) is 0.333. The van der Waals surface area contributed by atoms with Gasteiger partial charge in [0.25, 0.3) is 0 Å². The van der Waals surface area contributed by atoms with E-state index >= 15 is 0 Å². The number of morpholine rings is 1. The van der Waals surface area contributed by atoms with Gasteiger partial charge in [0.05, 0.1) is 36.6 Å². The predicted octanol–water partition coefficient (Wildman–Crippen LogP) is 4.84. The molecule has 11 heteroatoms. The molecule has 2 aromatic heterocycles. The van der Waals surface area contributed by atoms with Crippen LogP contribution in [0, 0.1) is 11.6 Å². The molecule has 4 aromatic rings. The summed E-state index contributed by atoms with van der Waals surface area (Å²) in [7, 11) is 3.25. The second-order valence-corrected chi connectivity index (χ2v) is 9.88. The largest absolute Gasteiger partial charge is 0.494 e. The summed E-state index contributed by atoms with van der Waals surface area (Å²) >= 11 is 6.26. The molecular weight excluding hydrogens is 514 g/mol. The Hall–Kier alpha value is -3.47. The van der Waals surface area contributed by atoms with Crippen molar-refractivity contribution in [3.63, 3.8) is 0 Å². The third-order valence-corrected chi connectivity index (χ3v) is 7.37. The average Bonchev–Trinajstić information content (AvgIpc) is 3.34. The van der Waals surface area contributed by atoms with E-state index in [0.717, 1.165) is 25.2 Å². The second-order valence-electron chi connectivity index (χ2n) is 9.45. The zero-order chi connectivity index (χ0) is 26.4. The number of aromatic nitrogens is 3. The van der Waals surface area contributed by atoms with E-state index < -0.39 is 11.6 Å². The molecule has 0 radical (unpaired) electrons. The lowest BCUT2D eigenvalue weighted by Gasteiger charge is -2.43. The minimum atomic E-state index is -0.444. The summed E-state index contributed by atoms with van der Waals surface area (Å²) in [5, 5.41) is 7.00. The normalized spacial score (nSPS) is 19.4. The lowest BCUT2D eigenvalue weighted by molar-refractivity contribution is -0.00899. The monoisotopic (exact) mass is 540 g/mol. The number of methoxy groups -OCH3 is 1. The van der Waals surface area contributed by atoms with Crippen LogP contribution in [0.1, 0.15) is 6.42 Å². The average molecular weight is 541 g/mol. The van der Waals surface area contributed by atoms with Crippen LogP contribution < -0.4 is 20.3 Å². The van der Waals surface area contributed by atoms with Crippen molar-refractivity contribution < 1.29 is 18.3 Å². The van der Waals surface area contributed by atoms with E-state index in [9.17, 15) is 8.78 Å². The number of benzene rings is 2. The Morgan fingerprint density at radius 1 is 1.18 bits per heavy atom. The van der Waals surface area contributed by atoms with Crippen LogP contribution in [0.5, 0.6) is 5.75 Å². The van der Waals surface area contributed by atoms with Gasteiger partial charge < -0.3 is 30.0 Å². The summed E-state index contributed by atoms with van der Waals surface area (Å²) in [4.78, 5) is 15.0. The molecule has 8 nitrogen and oxygen atoms in total. The molecule has 3 N–H and O–H groups in total. The van der Waals surface area contributed by atoms with Crippen LogP contribution in [0.2, 0.25) is 5.02 Å². The molecule has 0 aliphatic carbocycles. The number of piperidine rings is 1. The Morgan fingerprint density at radius 2 is 2.03 bits per heavy atom. The van der Waals surface area contributed by atoms with Gasteiger partial charge in [-0.2, -0.15) is 0 Å². The molecule has 6 rings (SSSR count). The quantitative estimate of drug-likeness (QED) is 0.334. The first-order valence-corrected chi connectivity index (χ1v) is 12.8. The van der Waals surface area contributed by atoms with Crippen molar-refractivity contribution in [2.45, 2.75) is 18.6 Å². The molecule has 0 spiro atoms. The van der Waals surface area contributed by atoms with Crippen molar-refractivity contribution in [1.29, 1.82) is 0 Å². The number of anilines is 2. The summed E-state index contributed by atoms with van der Waals surface area (Å²) < 4.78 is 40.3. The fourth-order valence-electron chi connectivity index (χ4n) is 5.47. The number of nitrogens with zero attached hydrogens (tertiary/aromatic N) is 3. The Labute approximate surface area is 223 Å². The summed E-state index contributed by atoms with van der Waals surface area (Å²) in [5.74, 6) is 0.474. The highest BCUT2D eigenvalue weighted by Gasteiger charge is 2.35. The SMILES string of the molecule is CNc1ncc(-c2cc(F)cc(Cl)c2)c(N2CC[C@@H]3NCCO[C@H]3C2)c1-c1nc2c(OC)cc(F)cc2[nH]1. The maximum Gasteiger partial charge on any atom is 0.149 e. The number of imidazole rings is 1. The lowest BCUT2D eigenvalue weighted by Crippen LogP contribution is -2.58. The van der Waals surface area contributed by atoms with Gasteiger partial charge in [-0.3, -0.25) is 0 Å². The molecule has 2 atom stereocenters. The Morgan fingerprint density at radius 3 is 2.82 bits per heavy atom. The number of pyridine rings is 1. The molecule has 2 saturated heterocycles. The summed E-state index contributed by atoms with van der Waals surface area (Å²) in [6.45, 7) is 2.81. The van der Waals surface area contributed by atoms with Gasteiger partial charge in [0.1, 0.15) is 34.5 Å². The third-order valence-electron chi connectivity index (χ3n) is 7.15. The van der Waals surface area contributed by atoms with Gasteiger partial charge >= 0.3 is 0 Å². The van der Waals surface area contributed by atoms with E-state index in [0.29, 0.717) is 58.3 Å². The van der Waals surface area contributed by atoms with E-state index in [2.05, 4.69) is 25.5 Å². The minimum Gasteiger partial charge on any atom is -0.494 e. The van der Waals surface area contributed by atoms with Crippen molar-refractivity contribution in [1.82, 2.24) is 20.3 Å². The standard InChI is InChI=1S/C27H27ClF2N6O2/c1-31-26-23(27-34-20-10-17(30)11-21(37-2)24(20)35-27)25(36-5-3-19-22(13-36)38-6-4-32-19)18(12-33-26)14-7-15(28)9-16(29)8-14/h7-12,19,22,32H,3-6,13H2,1-2H3,(H,31,33)(H,34,35)/t19-,22-/m0/s1. The van der Waals surface area contributed by atoms with Crippen molar-refractivity contribution in [3.05, 3.63) is 53.2 Å². The molecule has 2 aromatic carbocycles. The highest BCUT2D eigenvalue weighted by atomic mass is 35.5. The van der Waals surface area contributed by atoms with Crippen LogP contribution >= 0.6 is 11.6 Å².